The van der Waals surface area contributed by atoms with Crippen LogP contribution >= 0.6 is 0 Å². The zero-order chi connectivity index (χ0) is 22.3. The zero-order valence-electron chi connectivity index (χ0n) is 16.9. The largest absolute Gasteiger partial charge is 0.454 e. The molecule has 0 heterocycles. The predicted octanol–water partition coefficient (Wildman–Crippen LogP) is 3.14. The van der Waals surface area contributed by atoms with Crippen molar-refractivity contribution in [3.05, 3.63) is 71.3 Å². The van der Waals surface area contributed by atoms with Crippen molar-refractivity contribution in [2.75, 3.05) is 6.61 Å². The molecule has 2 aromatic carbocycles. The normalized spacial score (nSPS) is 12.7. The SMILES string of the molecule is CC(C)[C@H](NC(=O)c1c(F)cccc1F)C(=O)OCC(=O)N[C@@H](C)c1ccccc1. The summed E-state index contributed by atoms with van der Waals surface area (Å²) in [6.07, 6.45) is 0. The average Bonchev–Trinajstić information content (AvgIpc) is 2.70. The van der Waals surface area contributed by atoms with Gasteiger partial charge in [0.1, 0.15) is 23.2 Å². The summed E-state index contributed by atoms with van der Waals surface area (Å²) in [4.78, 5) is 36.7. The van der Waals surface area contributed by atoms with Crippen LogP contribution in [0.5, 0.6) is 0 Å². The van der Waals surface area contributed by atoms with Crippen LogP contribution in [0.25, 0.3) is 0 Å². The summed E-state index contributed by atoms with van der Waals surface area (Å²) < 4.78 is 32.6. The molecule has 160 valence electrons. The van der Waals surface area contributed by atoms with Crippen molar-refractivity contribution in [1.29, 1.82) is 0 Å². The smallest absolute Gasteiger partial charge is 0.329 e. The molecule has 0 unspecified atom stereocenters. The number of amides is 2. The molecule has 2 atom stereocenters. The monoisotopic (exact) mass is 418 g/mol. The van der Waals surface area contributed by atoms with E-state index in [1.54, 1.807) is 20.8 Å². The van der Waals surface area contributed by atoms with Gasteiger partial charge >= 0.3 is 5.97 Å². The lowest BCUT2D eigenvalue weighted by Gasteiger charge is -2.21. The quantitative estimate of drug-likeness (QED) is 0.645. The standard InChI is InChI=1S/C22H24F2N2O4/c1-13(2)20(26-21(28)19-16(23)10-7-11-17(19)24)22(29)30-12-18(27)25-14(3)15-8-5-4-6-9-15/h4-11,13-14,20H,12H2,1-3H3,(H,25,27)(H,26,28)/t14-,20-/m0/s1. The molecule has 0 fully saturated rings. The van der Waals surface area contributed by atoms with Crippen molar-refractivity contribution in [3.63, 3.8) is 0 Å². The predicted molar refractivity (Wildman–Crippen MR) is 106 cm³/mol. The molecule has 2 aromatic rings. The van der Waals surface area contributed by atoms with Crippen LogP contribution in [0.1, 0.15) is 42.7 Å². The van der Waals surface area contributed by atoms with Crippen molar-refractivity contribution in [2.45, 2.75) is 32.9 Å². The van der Waals surface area contributed by atoms with Crippen molar-refractivity contribution < 1.29 is 27.9 Å². The third-order valence-electron chi connectivity index (χ3n) is 4.42. The van der Waals surface area contributed by atoms with E-state index in [4.69, 9.17) is 4.74 Å². The first-order chi connectivity index (χ1) is 14.2. The summed E-state index contributed by atoms with van der Waals surface area (Å²) in [5.41, 5.74) is 0.0989. The Balaban J connectivity index is 1.95. The number of benzene rings is 2. The van der Waals surface area contributed by atoms with Crippen LogP contribution in [0.2, 0.25) is 0 Å². The number of rotatable bonds is 8. The first kappa shape index (κ1) is 23.0. The molecule has 0 saturated heterocycles. The summed E-state index contributed by atoms with van der Waals surface area (Å²) in [5, 5.41) is 4.98. The van der Waals surface area contributed by atoms with Gasteiger partial charge in [-0.3, -0.25) is 9.59 Å². The van der Waals surface area contributed by atoms with Crippen LogP contribution in [-0.4, -0.2) is 30.4 Å². The molecule has 30 heavy (non-hydrogen) atoms. The van der Waals surface area contributed by atoms with E-state index in [-0.39, 0.29) is 6.04 Å². The third kappa shape index (κ3) is 6.10. The third-order valence-corrected chi connectivity index (χ3v) is 4.42. The molecular formula is C22H24F2N2O4. The van der Waals surface area contributed by atoms with E-state index in [1.807, 2.05) is 30.3 Å². The number of carbonyl (C=O) groups excluding carboxylic acids is 3. The molecule has 2 amide bonds. The number of hydrogen-bond donors (Lipinski definition) is 2. The van der Waals surface area contributed by atoms with Crippen LogP contribution in [0.3, 0.4) is 0 Å². The summed E-state index contributed by atoms with van der Waals surface area (Å²) in [5.74, 6) is -5.01. The Morgan fingerprint density at radius 2 is 1.50 bits per heavy atom. The molecule has 0 spiro atoms. The maximum Gasteiger partial charge on any atom is 0.329 e. The van der Waals surface area contributed by atoms with Gasteiger partial charge in [-0.25, -0.2) is 13.6 Å². The van der Waals surface area contributed by atoms with Gasteiger partial charge in [-0.1, -0.05) is 50.2 Å². The molecule has 0 radical (unpaired) electrons. The molecule has 2 N–H and O–H groups in total. The summed E-state index contributed by atoms with van der Waals surface area (Å²) in [6, 6.07) is 10.8. The Labute approximate surface area is 173 Å². The fraction of sp³-hybridized carbons (Fsp3) is 0.318. The molecule has 0 saturated carbocycles. The van der Waals surface area contributed by atoms with Crippen molar-refractivity contribution >= 4 is 17.8 Å². The molecular weight excluding hydrogens is 394 g/mol. The average molecular weight is 418 g/mol. The lowest BCUT2D eigenvalue weighted by Crippen LogP contribution is -2.46. The Hall–Kier alpha value is -3.29. The minimum atomic E-state index is -1.18. The fourth-order valence-electron chi connectivity index (χ4n) is 2.76. The van der Waals surface area contributed by atoms with Gasteiger partial charge in [0.25, 0.3) is 11.8 Å². The van der Waals surface area contributed by atoms with E-state index in [2.05, 4.69) is 10.6 Å². The maximum absolute atomic E-state index is 13.8. The van der Waals surface area contributed by atoms with E-state index in [1.165, 1.54) is 0 Å². The molecule has 0 aliphatic carbocycles. The molecule has 6 nitrogen and oxygen atoms in total. The molecule has 8 heteroatoms. The highest BCUT2D eigenvalue weighted by molar-refractivity contribution is 5.97. The van der Waals surface area contributed by atoms with E-state index in [0.29, 0.717) is 0 Å². The lowest BCUT2D eigenvalue weighted by molar-refractivity contribution is -0.151. The molecule has 0 aliphatic rings. The lowest BCUT2D eigenvalue weighted by atomic mass is 10.0. The summed E-state index contributed by atoms with van der Waals surface area (Å²) in [7, 11) is 0. The zero-order valence-corrected chi connectivity index (χ0v) is 16.9. The second-order valence-electron chi connectivity index (χ2n) is 7.10. The van der Waals surface area contributed by atoms with Crippen LogP contribution in [0, 0.1) is 17.6 Å². The van der Waals surface area contributed by atoms with Gasteiger partial charge in [0.05, 0.1) is 6.04 Å². The molecule has 0 bridgehead atoms. The minimum Gasteiger partial charge on any atom is -0.454 e. The number of halogens is 2. The van der Waals surface area contributed by atoms with E-state index >= 15 is 0 Å². The fourth-order valence-corrected chi connectivity index (χ4v) is 2.76. The van der Waals surface area contributed by atoms with Gasteiger partial charge in [0, 0.05) is 0 Å². The summed E-state index contributed by atoms with van der Waals surface area (Å²) in [6.45, 7) is 4.49. The molecule has 0 aromatic heterocycles. The number of esters is 1. The van der Waals surface area contributed by atoms with Gasteiger partial charge in [0.2, 0.25) is 0 Å². The van der Waals surface area contributed by atoms with E-state index in [0.717, 1.165) is 23.8 Å². The highest BCUT2D eigenvalue weighted by Crippen LogP contribution is 2.14. The van der Waals surface area contributed by atoms with Crippen LogP contribution < -0.4 is 10.6 Å². The summed E-state index contributed by atoms with van der Waals surface area (Å²) >= 11 is 0. The van der Waals surface area contributed by atoms with Gasteiger partial charge in [-0.2, -0.15) is 0 Å². The van der Waals surface area contributed by atoms with Crippen molar-refractivity contribution in [2.24, 2.45) is 5.92 Å². The van der Waals surface area contributed by atoms with Crippen molar-refractivity contribution in [3.8, 4) is 0 Å². The highest BCUT2D eigenvalue weighted by atomic mass is 19.1. The topological polar surface area (TPSA) is 84.5 Å². The second kappa shape index (κ2) is 10.5. The van der Waals surface area contributed by atoms with Crippen LogP contribution in [0.4, 0.5) is 8.78 Å². The Bertz CT molecular complexity index is 883. The highest BCUT2D eigenvalue weighted by Gasteiger charge is 2.29. The Morgan fingerprint density at radius 3 is 2.07 bits per heavy atom. The Kier molecular flexibility index (Phi) is 8.03. The van der Waals surface area contributed by atoms with E-state index < -0.39 is 53.5 Å². The van der Waals surface area contributed by atoms with Gasteiger partial charge in [-0.05, 0) is 30.5 Å². The maximum atomic E-state index is 13.8. The molecule has 2 rings (SSSR count). The number of nitrogens with one attached hydrogen (secondary N) is 2. The Morgan fingerprint density at radius 1 is 0.900 bits per heavy atom. The number of ether oxygens (including phenoxy) is 1. The van der Waals surface area contributed by atoms with Gasteiger partial charge in [0.15, 0.2) is 6.61 Å². The molecule has 0 aliphatic heterocycles. The van der Waals surface area contributed by atoms with Gasteiger partial charge in [-0.15, -0.1) is 0 Å². The van der Waals surface area contributed by atoms with Crippen LogP contribution in [0.15, 0.2) is 48.5 Å². The van der Waals surface area contributed by atoms with Gasteiger partial charge < -0.3 is 15.4 Å². The van der Waals surface area contributed by atoms with Crippen molar-refractivity contribution in [1.82, 2.24) is 10.6 Å². The first-order valence-corrected chi connectivity index (χ1v) is 9.46. The minimum absolute atomic E-state index is 0.290. The number of carbonyl (C=O) groups is 3. The second-order valence-corrected chi connectivity index (χ2v) is 7.10. The first-order valence-electron chi connectivity index (χ1n) is 9.46. The number of hydrogen-bond acceptors (Lipinski definition) is 4. The van der Waals surface area contributed by atoms with Crippen LogP contribution in [-0.2, 0) is 14.3 Å². The van der Waals surface area contributed by atoms with E-state index in [9.17, 15) is 23.2 Å².